The summed E-state index contributed by atoms with van der Waals surface area (Å²) in [6, 6.07) is 15.7. The number of para-hydroxylation sites is 1. The van der Waals surface area contributed by atoms with Gasteiger partial charge >= 0.3 is 0 Å². The predicted octanol–water partition coefficient (Wildman–Crippen LogP) is 5.78. The van der Waals surface area contributed by atoms with Crippen molar-refractivity contribution in [2.24, 2.45) is 5.73 Å². The van der Waals surface area contributed by atoms with Gasteiger partial charge in [0.1, 0.15) is 23.6 Å². The molecular weight excluding hydrogens is 477 g/mol. The highest BCUT2D eigenvalue weighted by Gasteiger charge is 2.23. The molecule has 0 spiro atoms. The maximum Gasteiger partial charge on any atom is 0.181 e. The first kappa shape index (κ1) is 24.1. The van der Waals surface area contributed by atoms with Crippen molar-refractivity contribution in [1.29, 1.82) is 0 Å². The van der Waals surface area contributed by atoms with E-state index >= 15 is 0 Å². The first-order valence-corrected chi connectivity index (χ1v) is 12.6. The summed E-state index contributed by atoms with van der Waals surface area (Å²) in [6.07, 6.45) is 2.43. The number of hydrogen-bond donors (Lipinski definition) is 1. The van der Waals surface area contributed by atoms with E-state index in [1.165, 1.54) is 36.7 Å². The van der Waals surface area contributed by atoms with Crippen molar-refractivity contribution in [2.45, 2.75) is 29.9 Å². The minimum absolute atomic E-state index is 0.160. The Morgan fingerprint density at radius 3 is 2.62 bits per heavy atom. The Kier molecular flexibility index (Phi) is 7.11. The SMILES string of the molecule is CC(CCCN)S(=O)(=O)c1cccc(Oc2ccc(F)c(-c3ncnc4c(Cl)cccc34)c2)c1. The van der Waals surface area contributed by atoms with Crippen LogP contribution >= 0.6 is 11.6 Å². The molecule has 6 nitrogen and oxygen atoms in total. The third-order valence-corrected chi connectivity index (χ3v) is 8.03. The molecule has 1 unspecified atom stereocenters. The maximum atomic E-state index is 14.8. The van der Waals surface area contributed by atoms with E-state index in [1.807, 2.05) is 0 Å². The molecule has 4 aromatic rings. The summed E-state index contributed by atoms with van der Waals surface area (Å²) in [5.41, 5.74) is 6.62. The van der Waals surface area contributed by atoms with Gasteiger partial charge in [-0.3, -0.25) is 0 Å². The van der Waals surface area contributed by atoms with Crippen molar-refractivity contribution in [1.82, 2.24) is 9.97 Å². The number of ether oxygens (including phenoxy) is 1. The predicted molar refractivity (Wildman–Crippen MR) is 131 cm³/mol. The first-order chi connectivity index (χ1) is 16.3. The molecule has 0 radical (unpaired) electrons. The number of sulfone groups is 1. The lowest BCUT2D eigenvalue weighted by Crippen LogP contribution is -2.19. The molecule has 1 aromatic heterocycles. The average Bonchev–Trinajstić information content (AvgIpc) is 2.84. The molecule has 0 saturated carbocycles. The highest BCUT2D eigenvalue weighted by atomic mass is 35.5. The minimum Gasteiger partial charge on any atom is -0.457 e. The maximum absolute atomic E-state index is 14.8. The van der Waals surface area contributed by atoms with E-state index in [1.54, 1.807) is 37.3 Å². The Balaban J connectivity index is 1.67. The van der Waals surface area contributed by atoms with E-state index in [4.69, 9.17) is 22.1 Å². The van der Waals surface area contributed by atoms with Crippen molar-refractivity contribution in [3.05, 3.63) is 77.8 Å². The van der Waals surface area contributed by atoms with E-state index in [9.17, 15) is 12.8 Å². The highest BCUT2D eigenvalue weighted by Crippen LogP contribution is 2.34. The molecule has 0 fully saturated rings. The minimum atomic E-state index is -3.54. The standard InChI is InChI=1S/C25H23ClFN3O3S/c1-16(5-4-12-28)34(31,32)19-7-2-6-17(13-19)33-18-10-11-23(27)21(14-18)24-20-8-3-9-22(26)25(20)30-15-29-24/h2-3,6-11,13-16H,4-5,12,28H2,1H3. The molecule has 4 rings (SSSR count). The number of rotatable bonds is 8. The molecule has 1 atom stereocenters. The lowest BCUT2D eigenvalue weighted by atomic mass is 10.1. The molecule has 0 aliphatic heterocycles. The molecule has 176 valence electrons. The van der Waals surface area contributed by atoms with Gasteiger partial charge in [0.2, 0.25) is 0 Å². The van der Waals surface area contributed by atoms with Crippen LogP contribution in [0.1, 0.15) is 19.8 Å². The van der Waals surface area contributed by atoms with E-state index in [2.05, 4.69) is 9.97 Å². The van der Waals surface area contributed by atoms with E-state index in [-0.39, 0.29) is 10.5 Å². The Bertz CT molecular complexity index is 1450. The Morgan fingerprint density at radius 1 is 1.06 bits per heavy atom. The molecular formula is C25H23ClFN3O3S. The molecule has 34 heavy (non-hydrogen) atoms. The molecule has 0 bridgehead atoms. The van der Waals surface area contributed by atoms with Crippen LogP contribution in [0.4, 0.5) is 4.39 Å². The molecule has 3 aromatic carbocycles. The lowest BCUT2D eigenvalue weighted by molar-refractivity contribution is 0.479. The zero-order valence-electron chi connectivity index (χ0n) is 18.4. The Morgan fingerprint density at radius 2 is 1.82 bits per heavy atom. The van der Waals surface area contributed by atoms with E-state index in [0.29, 0.717) is 52.5 Å². The summed E-state index contributed by atoms with van der Waals surface area (Å²) >= 11 is 6.23. The average molecular weight is 500 g/mol. The van der Waals surface area contributed by atoms with Crippen LogP contribution in [-0.2, 0) is 9.84 Å². The fraction of sp³-hybridized carbons (Fsp3) is 0.200. The van der Waals surface area contributed by atoms with Crippen molar-refractivity contribution < 1.29 is 17.5 Å². The molecule has 2 N–H and O–H groups in total. The Labute approximate surface area is 202 Å². The zero-order valence-corrected chi connectivity index (χ0v) is 20.0. The summed E-state index contributed by atoms with van der Waals surface area (Å²) in [5, 5.41) is 0.472. The number of nitrogens with two attached hydrogens (primary N) is 1. The van der Waals surface area contributed by atoms with Gasteiger partial charge in [-0.25, -0.2) is 22.8 Å². The van der Waals surface area contributed by atoms with Gasteiger partial charge in [0.15, 0.2) is 9.84 Å². The van der Waals surface area contributed by atoms with Crippen LogP contribution in [0.15, 0.2) is 71.9 Å². The van der Waals surface area contributed by atoms with Crippen LogP contribution in [0.5, 0.6) is 11.5 Å². The fourth-order valence-electron chi connectivity index (χ4n) is 3.66. The van der Waals surface area contributed by atoms with Crippen LogP contribution < -0.4 is 10.5 Å². The summed E-state index contributed by atoms with van der Waals surface area (Å²) in [6.45, 7) is 2.10. The first-order valence-electron chi connectivity index (χ1n) is 10.7. The molecule has 0 aliphatic carbocycles. The summed E-state index contributed by atoms with van der Waals surface area (Å²) in [5.74, 6) is 0.161. The smallest absolute Gasteiger partial charge is 0.181 e. The van der Waals surface area contributed by atoms with Crippen LogP contribution in [0, 0.1) is 5.82 Å². The quantitative estimate of drug-likeness (QED) is 0.330. The number of hydrogen-bond acceptors (Lipinski definition) is 6. The van der Waals surface area contributed by atoms with Gasteiger partial charge in [-0.2, -0.15) is 0 Å². The van der Waals surface area contributed by atoms with Gasteiger partial charge in [-0.05, 0) is 68.8 Å². The monoisotopic (exact) mass is 499 g/mol. The molecule has 1 heterocycles. The number of aromatic nitrogens is 2. The number of nitrogens with zero attached hydrogens (tertiary/aromatic N) is 2. The number of benzene rings is 3. The topological polar surface area (TPSA) is 95.2 Å². The largest absolute Gasteiger partial charge is 0.457 e. The highest BCUT2D eigenvalue weighted by molar-refractivity contribution is 7.92. The van der Waals surface area contributed by atoms with Gasteiger partial charge in [-0.1, -0.05) is 29.8 Å². The van der Waals surface area contributed by atoms with Crippen molar-refractivity contribution in [2.75, 3.05) is 6.54 Å². The molecule has 0 aliphatic rings. The van der Waals surface area contributed by atoms with Crippen molar-refractivity contribution in [3.63, 3.8) is 0 Å². The van der Waals surface area contributed by atoms with Gasteiger partial charge in [0.25, 0.3) is 0 Å². The fourth-order valence-corrected chi connectivity index (χ4v) is 5.37. The van der Waals surface area contributed by atoms with Gasteiger partial charge < -0.3 is 10.5 Å². The molecule has 0 amide bonds. The zero-order chi connectivity index (χ0) is 24.3. The Hall–Kier alpha value is -3.07. The summed E-state index contributed by atoms with van der Waals surface area (Å²) in [4.78, 5) is 8.62. The summed E-state index contributed by atoms with van der Waals surface area (Å²) in [7, 11) is -3.54. The van der Waals surface area contributed by atoms with Crippen LogP contribution in [0.2, 0.25) is 5.02 Å². The van der Waals surface area contributed by atoms with Crippen molar-refractivity contribution in [3.8, 4) is 22.8 Å². The van der Waals surface area contributed by atoms with E-state index < -0.39 is 20.9 Å². The van der Waals surface area contributed by atoms with Crippen LogP contribution in [0.25, 0.3) is 22.2 Å². The third kappa shape index (κ3) is 4.89. The second-order valence-electron chi connectivity index (χ2n) is 7.86. The van der Waals surface area contributed by atoms with Crippen LogP contribution in [-0.4, -0.2) is 30.2 Å². The third-order valence-electron chi connectivity index (χ3n) is 5.52. The molecule has 0 saturated heterocycles. The second kappa shape index (κ2) is 10.0. The number of fused-ring (bicyclic) bond motifs is 1. The number of halogens is 2. The van der Waals surface area contributed by atoms with Gasteiger partial charge in [-0.15, -0.1) is 0 Å². The van der Waals surface area contributed by atoms with E-state index in [0.717, 1.165) is 0 Å². The molecule has 9 heteroatoms. The van der Waals surface area contributed by atoms with Crippen LogP contribution in [0.3, 0.4) is 0 Å². The normalized spacial score (nSPS) is 12.6. The van der Waals surface area contributed by atoms with Crippen molar-refractivity contribution >= 4 is 32.3 Å². The van der Waals surface area contributed by atoms with Gasteiger partial charge in [0.05, 0.1) is 26.4 Å². The summed E-state index contributed by atoms with van der Waals surface area (Å²) < 4.78 is 46.5. The van der Waals surface area contributed by atoms with Gasteiger partial charge in [0, 0.05) is 10.9 Å². The second-order valence-corrected chi connectivity index (χ2v) is 10.6. The lowest BCUT2D eigenvalue weighted by Gasteiger charge is -2.14.